The van der Waals surface area contributed by atoms with Crippen LogP contribution in [0.25, 0.3) is 11.0 Å². The molecular weight excluding hydrogens is 446 g/mol. The van der Waals surface area contributed by atoms with Crippen molar-refractivity contribution in [2.75, 3.05) is 29.1 Å². The van der Waals surface area contributed by atoms with Gasteiger partial charge in [0.1, 0.15) is 23.0 Å². The number of benzene rings is 2. The monoisotopic (exact) mass is 469 g/mol. The second kappa shape index (κ2) is 10.7. The van der Waals surface area contributed by atoms with E-state index >= 15 is 0 Å². The van der Waals surface area contributed by atoms with Crippen LogP contribution in [0.15, 0.2) is 66.9 Å². The van der Waals surface area contributed by atoms with E-state index < -0.39 is 0 Å². The number of hydrogen-bond donors (Lipinski definition) is 3. The molecule has 0 unspecified atom stereocenters. The molecule has 2 heterocycles. The summed E-state index contributed by atoms with van der Waals surface area (Å²) in [5.74, 6) is 2.09. The van der Waals surface area contributed by atoms with Crippen molar-refractivity contribution in [3.63, 3.8) is 0 Å². The van der Waals surface area contributed by atoms with Crippen LogP contribution in [-0.2, 0) is 4.79 Å². The molecule has 0 saturated heterocycles. The molecule has 0 spiro atoms. The van der Waals surface area contributed by atoms with Crippen molar-refractivity contribution in [3.8, 4) is 11.5 Å². The Balaban J connectivity index is 0.00000289. The first-order valence-electron chi connectivity index (χ1n) is 9.44. The van der Waals surface area contributed by atoms with Gasteiger partial charge in [0.05, 0.1) is 24.2 Å². The van der Waals surface area contributed by atoms with Crippen molar-refractivity contribution in [1.82, 2.24) is 9.97 Å². The number of rotatable bonds is 9. The van der Waals surface area contributed by atoms with Crippen molar-refractivity contribution >= 4 is 66.0 Å². The Kier molecular flexibility index (Phi) is 7.74. The molecule has 166 valence electrons. The highest BCUT2D eigenvalue weighted by Crippen LogP contribution is 2.32. The van der Waals surface area contributed by atoms with E-state index in [2.05, 4.69) is 20.6 Å². The summed E-state index contributed by atoms with van der Waals surface area (Å²) in [6.07, 6.45) is 2.53. The van der Waals surface area contributed by atoms with Gasteiger partial charge in [-0.15, -0.1) is 0 Å². The number of pyridine rings is 1. The Morgan fingerprint density at radius 3 is 2.62 bits per heavy atom. The lowest BCUT2D eigenvalue weighted by molar-refractivity contribution is -0.105. The first kappa shape index (κ1) is 23.2. The highest BCUT2D eigenvalue weighted by Gasteiger charge is 2.13. The number of fused-ring (bicyclic) bond motifs is 1. The van der Waals surface area contributed by atoms with Crippen LogP contribution in [0.3, 0.4) is 0 Å². The zero-order valence-electron chi connectivity index (χ0n) is 17.5. The molecule has 0 aliphatic heterocycles. The fraction of sp³-hybridized carbons (Fsp3) is 0.0909. The van der Waals surface area contributed by atoms with Gasteiger partial charge in [-0.05, 0) is 36.4 Å². The fourth-order valence-electron chi connectivity index (χ4n) is 3.03. The number of methoxy groups -OCH3 is 1. The van der Waals surface area contributed by atoms with E-state index in [-0.39, 0.29) is 13.5 Å². The van der Waals surface area contributed by atoms with Gasteiger partial charge in [-0.2, -0.15) is 13.5 Å². The number of nitrogens with zero attached hydrogens (tertiary/aromatic N) is 2. The quantitative estimate of drug-likeness (QED) is 0.179. The van der Waals surface area contributed by atoms with Gasteiger partial charge in [0.25, 0.3) is 0 Å². The van der Waals surface area contributed by atoms with Crippen LogP contribution in [0.4, 0.5) is 22.9 Å². The van der Waals surface area contributed by atoms with Gasteiger partial charge in [0, 0.05) is 24.7 Å². The number of ether oxygens (including phenoxy) is 1. The van der Waals surface area contributed by atoms with Gasteiger partial charge >= 0.3 is 0 Å². The Morgan fingerprint density at radius 1 is 1.06 bits per heavy atom. The molecular formula is C22H23N5O3S2. The third-order valence-corrected chi connectivity index (χ3v) is 5.23. The van der Waals surface area contributed by atoms with Crippen LogP contribution in [-0.4, -0.2) is 30.5 Å². The molecule has 4 aromatic rings. The van der Waals surface area contributed by atoms with E-state index in [0.717, 1.165) is 28.2 Å². The summed E-state index contributed by atoms with van der Waals surface area (Å²) < 4.78 is 12.9. The summed E-state index contributed by atoms with van der Waals surface area (Å²) in [6.45, 7) is 0. The van der Waals surface area contributed by atoms with Crippen LogP contribution in [0, 0.1) is 0 Å². The van der Waals surface area contributed by atoms with Crippen LogP contribution in [0.2, 0.25) is 0 Å². The molecule has 2 aromatic carbocycles. The van der Waals surface area contributed by atoms with Crippen molar-refractivity contribution in [3.05, 3.63) is 66.9 Å². The number of aromatic nitrogens is 2. The molecule has 1 amide bonds. The Bertz CT molecular complexity index is 1200. The van der Waals surface area contributed by atoms with E-state index in [0.29, 0.717) is 23.7 Å². The molecule has 0 radical (unpaired) electrons. The number of H-pyrrole nitrogens is 1. The number of hydrogen-bond acceptors (Lipinski definition) is 7. The Labute approximate surface area is 197 Å². The summed E-state index contributed by atoms with van der Waals surface area (Å²) in [5, 5.41) is 6.87. The van der Waals surface area contributed by atoms with Gasteiger partial charge in [-0.3, -0.25) is 9.10 Å². The summed E-state index contributed by atoms with van der Waals surface area (Å²) in [4.78, 5) is 18.7. The largest absolute Gasteiger partial charge is 0.497 e. The number of amides is 1. The Hall–Kier alpha value is -3.50. The highest BCUT2D eigenvalue weighted by atomic mass is 32.2. The highest BCUT2D eigenvalue weighted by molar-refractivity contribution is 7.96. The number of aromatic amines is 1. The van der Waals surface area contributed by atoms with Crippen LogP contribution >= 0.6 is 25.7 Å². The lowest BCUT2D eigenvalue weighted by atomic mass is 10.2. The predicted molar refractivity (Wildman–Crippen MR) is 136 cm³/mol. The third kappa shape index (κ3) is 5.21. The maximum atomic E-state index is 10.8. The number of nitrogens with one attached hydrogen (secondary N) is 3. The average Bonchev–Trinajstić information content (AvgIpc) is 3.22. The van der Waals surface area contributed by atoms with Crippen molar-refractivity contribution in [2.24, 2.45) is 0 Å². The van der Waals surface area contributed by atoms with Crippen molar-refractivity contribution in [1.29, 1.82) is 0 Å². The molecule has 32 heavy (non-hydrogen) atoms. The van der Waals surface area contributed by atoms with Gasteiger partial charge in [0.2, 0.25) is 6.41 Å². The minimum absolute atomic E-state index is 0. The third-order valence-electron chi connectivity index (χ3n) is 4.55. The summed E-state index contributed by atoms with van der Waals surface area (Å²) in [7, 11) is 3.54. The smallest absolute Gasteiger partial charge is 0.211 e. The van der Waals surface area contributed by atoms with Gasteiger partial charge < -0.3 is 24.5 Å². The number of carbonyl (C=O) groups excluding carboxylic acids is 1. The maximum absolute atomic E-state index is 10.8. The second-order valence-electron chi connectivity index (χ2n) is 6.53. The molecule has 3 N–H and O–H groups in total. The number of para-hydroxylation sites is 2. The van der Waals surface area contributed by atoms with E-state index in [4.69, 9.17) is 8.92 Å². The summed E-state index contributed by atoms with van der Waals surface area (Å²) in [5.41, 5.74) is 3.10. The van der Waals surface area contributed by atoms with Crippen molar-refractivity contribution < 1.29 is 13.7 Å². The van der Waals surface area contributed by atoms with E-state index in [1.807, 2.05) is 78.2 Å². The molecule has 0 aliphatic rings. The molecule has 10 heteroatoms. The van der Waals surface area contributed by atoms with Crippen LogP contribution in [0.1, 0.15) is 0 Å². The van der Waals surface area contributed by atoms with E-state index in [1.165, 1.54) is 12.2 Å². The maximum Gasteiger partial charge on any atom is 0.211 e. The molecule has 8 nitrogen and oxygen atoms in total. The number of carbonyl (C=O) groups is 1. The van der Waals surface area contributed by atoms with Crippen LogP contribution < -0.4 is 23.9 Å². The molecule has 4 rings (SSSR count). The first-order chi connectivity index (χ1) is 15.2. The predicted octanol–water partition coefficient (Wildman–Crippen LogP) is 5.07. The molecule has 0 bridgehead atoms. The standard InChI is InChI=1S/C22H21N5O3S.H2S/c1-27(31-30-16-7-5-6-15(12-16)29-2)20-13-23-22-17(20)10-11-21(26-22)25-19-9-4-3-8-18(19)24-14-28;/h3-14H,1-2H3,(H,24,28)(H2,23,25,26);1H2. The van der Waals surface area contributed by atoms with Gasteiger partial charge in [0.15, 0.2) is 12.2 Å². The first-order valence-corrected chi connectivity index (χ1v) is 10.1. The minimum atomic E-state index is 0. The van der Waals surface area contributed by atoms with E-state index in [9.17, 15) is 4.79 Å². The zero-order chi connectivity index (χ0) is 21.6. The van der Waals surface area contributed by atoms with Crippen molar-refractivity contribution in [2.45, 2.75) is 0 Å². The molecule has 0 atom stereocenters. The Morgan fingerprint density at radius 2 is 1.84 bits per heavy atom. The molecule has 0 aliphatic carbocycles. The molecule has 0 saturated carbocycles. The SMILES string of the molecule is COc1cccc(OSN(C)c2c[nH]c3nc(Nc4ccccc4NC=O)ccc23)c1.S. The van der Waals surface area contributed by atoms with Gasteiger partial charge in [-0.1, -0.05) is 18.2 Å². The summed E-state index contributed by atoms with van der Waals surface area (Å²) in [6, 6.07) is 18.7. The van der Waals surface area contributed by atoms with Gasteiger partial charge in [-0.25, -0.2) is 4.98 Å². The normalized spacial score (nSPS) is 10.2. The fourth-order valence-corrected chi connectivity index (χ4v) is 3.56. The zero-order valence-corrected chi connectivity index (χ0v) is 19.3. The summed E-state index contributed by atoms with van der Waals surface area (Å²) >= 11 is 1.21. The lowest BCUT2D eigenvalue weighted by Crippen LogP contribution is -2.08. The second-order valence-corrected chi connectivity index (χ2v) is 7.40. The number of anilines is 4. The molecule has 0 fully saturated rings. The minimum Gasteiger partial charge on any atom is -0.497 e. The topological polar surface area (TPSA) is 91.5 Å². The molecule has 2 aromatic heterocycles. The average molecular weight is 470 g/mol. The van der Waals surface area contributed by atoms with Crippen LogP contribution in [0.5, 0.6) is 11.5 Å². The lowest BCUT2D eigenvalue weighted by Gasteiger charge is -2.16. The van der Waals surface area contributed by atoms with E-state index in [1.54, 1.807) is 7.11 Å².